The summed E-state index contributed by atoms with van der Waals surface area (Å²) in [5, 5.41) is 3.71. The molecule has 0 aliphatic carbocycles. The molecule has 0 aromatic carbocycles. The van der Waals surface area contributed by atoms with Gasteiger partial charge in [-0.2, -0.15) is 0 Å². The highest BCUT2D eigenvalue weighted by molar-refractivity contribution is 7.99. The zero-order valence-corrected chi connectivity index (χ0v) is 12.3. The highest BCUT2D eigenvalue weighted by atomic mass is 32.2. The molecule has 0 radical (unpaired) electrons. The van der Waals surface area contributed by atoms with Gasteiger partial charge in [0.05, 0.1) is 5.75 Å². The van der Waals surface area contributed by atoms with E-state index in [1.165, 1.54) is 50.9 Å². The Hall–Kier alpha value is -0.170. The fraction of sp³-hybridized carbons (Fsp3) is 0.867. The van der Waals surface area contributed by atoms with E-state index in [1.54, 1.807) is 0 Å². The van der Waals surface area contributed by atoms with E-state index in [4.69, 9.17) is 6.42 Å². The van der Waals surface area contributed by atoms with Crippen molar-refractivity contribution in [2.75, 3.05) is 24.6 Å². The molecule has 2 bridgehead atoms. The third-order valence-electron chi connectivity index (χ3n) is 4.25. The molecule has 2 unspecified atom stereocenters. The molecule has 2 rings (SSSR count). The summed E-state index contributed by atoms with van der Waals surface area (Å²) in [4.78, 5) is 2.76. The fourth-order valence-electron chi connectivity index (χ4n) is 3.46. The van der Waals surface area contributed by atoms with Crippen molar-refractivity contribution in [3.63, 3.8) is 0 Å². The number of piperidine rings is 1. The first-order valence-electron chi connectivity index (χ1n) is 7.35. The van der Waals surface area contributed by atoms with Crippen LogP contribution in [0.25, 0.3) is 0 Å². The molecular formula is C15H26N2S. The zero-order valence-electron chi connectivity index (χ0n) is 11.5. The highest BCUT2D eigenvalue weighted by Gasteiger charge is 2.39. The quantitative estimate of drug-likeness (QED) is 0.562. The maximum Gasteiger partial charge on any atom is 0.0545 e. The van der Waals surface area contributed by atoms with Gasteiger partial charge in [-0.15, -0.1) is 18.2 Å². The van der Waals surface area contributed by atoms with Crippen molar-refractivity contribution < 1.29 is 0 Å². The molecule has 18 heavy (non-hydrogen) atoms. The summed E-state index contributed by atoms with van der Waals surface area (Å²) in [6.45, 7) is 4.67. The molecule has 2 fully saturated rings. The normalized spacial score (nSPS) is 31.4. The van der Waals surface area contributed by atoms with E-state index in [0.717, 1.165) is 23.9 Å². The van der Waals surface area contributed by atoms with Gasteiger partial charge in [-0.05, 0) is 38.6 Å². The molecular weight excluding hydrogens is 240 g/mol. The summed E-state index contributed by atoms with van der Waals surface area (Å²) in [7, 11) is 0. The van der Waals surface area contributed by atoms with Gasteiger partial charge in [0.15, 0.2) is 0 Å². The van der Waals surface area contributed by atoms with Crippen LogP contribution >= 0.6 is 11.8 Å². The van der Waals surface area contributed by atoms with Crippen LogP contribution in [0, 0.1) is 12.3 Å². The summed E-state index contributed by atoms with van der Waals surface area (Å²) >= 11 is 1.90. The standard InChI is InChI=1S/C15H26N2S/c1-3-7-16-13-11-14-5-6-15(12-13)17(14)8-10-18-9-4-2/h2,13-16H,3,5-12H2,1H3. The Labute approximate surface area is 116 Å². The smallest absolute Gasteiger partial charge is 0.0545 e. The summed E-state index contributed by atoms with van der Waals surface area (Å²) in [5.41, 5.74) is 0. The van der Waals surface area contributed by atoms with Crippen LogP contribution in [0.15, 0.2) is 0 Å². The Morgan fingerprint density at radius 3 is 2.67 bits per heavy atom. The first-order valence-corrected chi connectivity index (χ1v) is 8.51. The van der Waals surface area contributed by atoms with E-state index < -0.39 is 0 Å². The lowest BCUT2D eigenvalue weighted by molar-refractivity contribution is 0.125. The molecule has 0 saturated carbocycles. The molecule has 0 aromatic heterocycles. The van der Waals surface area contributed by atoms with Gasteiger partial charge in [0.1, 0.15) is 0 Å². The molecule has 2 saturated heterocycles. The van der Waals surface area contributed by atoms with Gasteiger partial charge in [0.2, 0.25) is 0 Å². The van der Waals surface area contributed by atoms with Crippen LogP contribution in [0.3, 0.4) is 0 Å². The van der Waals surface area contributed by atoms with Crippen LogP contribution in [0.4, 0.5) is 0 Å². The van der Waals surface area contributed by atoms with Crippen molar-refractivity contribution in [1.82, 2.24) is 10.2 Å². The second-order valence-corrected chi connectivity index (χ2v) is 6.61. The number of nitrogens with zero attached hydrogens (tertiary/aromatic N) is 1. The van der Waals surface area contributed by atoms with E-state index in [2.05, 4.69) is 23.1 Å². The lowest BCUT2D eigenvalue weighted by atomic mass is 9.97. The van der Waals surface area contributed by atoms with Gasteiger partial charge >= 0.3 is 0 Å². The number of hydrogen-bond donors (Lipinski definition) is 1. The van der Waals surface area contributed by atoms with Crippen LogP contribution in [0.5, 0.6) is 0 Å². The molecule has 102 valence electrons. The number of nitrogens with one attached hydrogen (secondary N) is 1. The maximum absolute atomic E-state index is 5.29. The molecule has 0 aromatic rings. The first kappa shape index (κ1) is 14.2. The lowest BCUT2D eigenvalue weighted by Gasteiger charge is -2.39. The average Bonchev–Trinajstić information content (AvgIpc) is 2.62. The summed E-state index contributed by atoms with van der Waals surface area (Å²) < 4.78 is 0. The topological polar surface area (TPSA) is 15.3 Å². The number of hydrogen-bond acceptors (Lipinski definition) is 3. The largest absolute Gasteiger partial charge is 0.314 e. The minimum absolute atomic E-state index is 0.775. The third kappa shape index (κ3) is 3.66. The van der Waals surface area contributed by atoms with Crippen LogP contribution in [0.1, 0.15) is 39.0 Å². The number of terminal acetylenes is 1. The van der Waals surface area contributed by atoms with Crippen LogP contribution in [-0.4, -0.2) is 47.6 Å². The minimum Gasteiger partial charge on any atom is -0.314 e. The van der Waals surface area contributed by atoms with Crippen molar-refractivity contribution in [1.29, 1.82) is 0 Å². The SMILES string of the molecule is C#CCSCCN1C2CCC1CC(NCCC)C2. The Kier molecular flexibility index (Phi) is 5.88. The van der Waals surface area contributed by atoms with Gasteiger partial charge in [-0.1, -0.05) is 12.8 Å². The third-order valence-corrected chi connectivity index (χ3v) is 5.09. The number of thioether (sulfide) groups is 1. The molecule has 0 amide bonds. The van der Waals surface area contributed by atoms with Crippen molar-refractivity contribution in [2.45, 2.75) is 57.2 Å². The van der Waals surface area contributed by atoms with E-state index in [0.29, 0.717) is 0 Å². The Morgan fingerprint density at radius 2 is 2.06 bits per heavy atom. The molecule has 2 atom stereocenters. The van der Waals surface area contributed by atoms with Crippen molar-refractivity contribution in [3.05, 3.63) is 0 Å². The van der Waals surface area contributed by atoms with Crippen LogP contribution in [-0.2, 0) is 0 Å². The Morgan fingerprint density at radius 1 is 1.33 bits per heavy atom. The second kappa shape index (κ2) is 7.43. The molecule has 2 heterocycles. The Balaban J connectivity index is 1.74. The lowest BCUT2D eigenvalue weighted by Crippen LogP contribution is -2.49. The van der Waals surface area contributed by atoms with E-state index in [9.17, 15) is 0 Å². The molecule has 0 spiro atoms. The second-order valence-electron chi connectivity index (χ2n) is 5.50. The van der Waals surface area contributed by atoms with E-state index in [1.807, 2.05) is 11.8 Å². The van der Waals surface area contributed by atoms with Gasteiger partial charge in [0.25, 0.3) is 0 Å². The molecule has 3 heteroatoms. The first-order chi connectivity index (χ1) is 8.85. The van der Waals surface area contributed by atoms with Crippen molar-refractivity contribution in [3.8, 4) is 12.3 Å². The van der Waals surface area contributed by atoms with Gasteiger partial charge < -0.3 is 5.32 Å². The Bertz CT molecular complexity index is 273. The van der Waals surface area contributed by atoms with E-state index >= 15 is 0 Å². The van der Waals surface area contributed by atoms with Crippen LogP contribution in [0.2, 0.25) is 0 Å². The van der Waals surface area contributed by atoms with Crippen molar-refractivity contribution >= 4 is 11.8 Å². The predicted octanol–water partition coefficient (Wildman–Crippen LogP) is 2.35. The molecule has 2 aliphatic heterocycles. The van der Waals surface area contributed by atoms with Gasteiger partial charge in [-0.3, -0.25) is 4.90 Å². The van der Waals surface area contributed by atoms with Gasteiger partial charge in [-0.25, -0.2) is 0 Å². The van der Waals surface area contributed by atoms with Crippen molar-refractivity contribution in [2.24, 2.45) is 0 Å². The van der Waals surface area contributed by atoms with E-state index in [-0.39, 0.29) is 0 Å². The number of fused-ring (bicyclic) bond motifs is 2. The van der Waals surface area contributed by atoms with Crippen LogP contribution < -0.4 is 5.32 Å². The summed E-state index contributed by atoms with van der Waals surface area (Å²) in [6, 6.07) is 2.45. The average molecular weight is 266 g/mol. The molecule has 1 N–H and O–H groups in total. The van der Waals surface area contributed by atoms with Gasteiger partial charge in [0, 0.05) is 30.4 Å². The fourth-order valence-corrected chi connectivity index (χ4v) is 4.06. The highest BCUT2D eigenvalue weighted by Crippen LogP contribution is 2.35. The summed E-state index contributed by atoms with van der Waals surface area (Å²) in [5.74, 6) is 4.77. The predicted molar refractivity (Wildman–Crippen MR) is 81.0 cm³/mol. The maximum atomic E-state index is 5.29. The molecule has 2 nitrogen and oxygen atoms in total. The zero-order chi connectivity index (χ0) is 12.8. The monoisotopic (exact) mass is 266 g/mol. The minimum atomic E-state index is 0.775. The number of rotatable bonds is 7. The summed E-state index contributed by atoms with van der Waals surface area (Å²) in [6.07, 6.45) is 12.1. The molecule has 2 aliphatic rings.